The normalized spacial score (nSPS) is 11.8. The Kier molecular flexibility index (Phi) is 6.97. The van der Waals surface area contributed by atoms with Gasteiger partial charge in [-0.15, -0.1) is 0 Å². The van der Waals surface area contributed by atoms with Crippen molar-refractivity contribution in [3.05, 3.63) is 24.3 Å². The molecule has 0 saturated carbocycles. The van der Waals surface area contributed by atoms with Crippen molar-refractivity contribution in [2.24, 2.45) is 0 Å². The lowest BCUT2D eigenvalue weighted by Gasteiger charge is -2.21. The number of carbonyl (C=O) groups is 2. The Hall–Kier alpha value is -1.62. The van der Waals surface area contributed by atoms with Crippen LogP contribution in [0, 0.1) is 0 Å². The Bertz CT molecular complexity index is 347. The first-order valence-electron chi connectivity index (χ1n) is 5.58. The average Bonchev–Trinajstić information content (AvgIpc) is 2.24. The zero-order valence-corrected chi connectivity index (χ0v) is 11.5. The number of hydrogen-bond acceptors (Lipinski definition) is 5. The van der Waals surface area contributed by atoms with Crippen molar-refractivity contribution in [3.8, 4) is 0 Å². The van der Waals surface area contributed by atoms with E-state index in [4.69, 9.17) is 9.47 Å². The van der Waals surface area contributed by atoms with E-state index in [1.807, 2.05) is 19.0 Å². The highest BCUT2D eigenvalue weighted by Crippen LogP contribution is 2.03. The van der Waals surface area contributed by atoms with Gasteiger partial charge in [-0.1, -0.05) is 13.2 Å². The van der Waals surface area contributed by atoms with Crippen molar-refractivity contribution >= 4 is 11.9 Å². The van der Waals surface area contributed by atoms with Gasteiger partial charge in [-0.25, -0.2) is 9.59 Å². The molecule has 0 heterocycles. The summed E-state index contributed by atoms with van der Waals surface area (Å²) in [6, 6.07) is 0. The van der Waals surface area contributed by atoms with Crippen LogP contribution in [0.2, 0.25) is 0 Å². The zero-order valence-electron chi connectivity index (χ0n) is 11.5. The molecule has 0 saturated heterocycles. The number of rotatable bonds is 7. The molecule has 0 spiro atoms. The van der Waals surface area contributed by atoms with Crippen LogP contribution in [0.4, 0.5) is 0 Å². The van der Waals surface area contributed by atoms with E-state index >= 15 is 0 Å². The fraction of sp³-hybridized carbons (Fsp3) is 0.538. The fourth-order valence-corrected chi connectivity index (χ4v) is 1.08. The first-order valence-corrected chi connectivity index (χ1v) is 5.58. The molecule has 0 aliphatic heterocycles. The van der Waals surface area contributed by atoms with Crippen LogP contribution in [0.5, 0.6) is 0 Å². The van der Waals surface area contributed by atoms with Crippen LogP contribution in [0.15, 0.2) is 24.3 Å². The molecule has 0 aliphatic rings. The number of hydrogen-bond donors (Lipinski definition) is 0. The van der Waals surface area contributed by atoms with Crippen LogP contribution in [0.25, 0.3) is 0 Å². The van der Waals surface area contributed by atoms with Gasteiger partial charge in [0.05, 0.1) is 0 Å². The maximum absolute atomic E-state index is 11.4. The van der Waals surface area contributed by atoms with Gasteiger partial charge in [0, 0.05) is 17.7 Å². The summed E-state index contributed by atoms with van der Waals surface area (Å²) in [4.78, 5) is 24.5. The monoisotopic (exact) mass is 255 g/mol. The standard InChI is InChI=1S/C13H21NO4/c1-9(2)12(15)17-8-11(7-14(5)6)18-13(16)10(3)4/h11H,1,3,7-8H2,2,4-6H3. The fourth-order valence-electron chi connectivity index (χ4n) is 1.08. The summed E-state index contributed by atoms with van der Waals surface area (Å²) in [5.41, 5.74) is 0.620. The van der Waals surface area contributed by atoms with Gasteiger partial charge in [0.15, 0.2) is 0 Å². The molecule has 0 fully saturated rings. The van der Waals surface area contributed by atoms with Gasteiger partial charge in [0.1, 0.15) is 12.7 Å². The second-order valence-electron chi connectivity index (χ2n) is 4.45. The highest BCUT2D eigenvalue weighted by Gasteiger charge is 2.18. The Morgan fingerprint density at radius 3 is 2.00 bits per heavy atom. The SMILES string of the molecule is C=C(C)C(=O)OCC(CN(C)C)OC(=O)C(=C)C. The van der Waals surface area contributed by atoms with E-state index in [2.05, 4.69) is 13.2 Å². The predicted molar refractivity (Wildman–Crippen MR) is 69.0 cm³/mol. The molecule has 0 amide bonds. The highest BCUT2D eigenvalue weighted by molar-refractivity contribution is 5.87. The molecule has 0 aromatic carbocycles. The number of ether oxygens (including phenoxy) is 2. The van der Waals surface area contributed by atoms with Crippen LogP contribution in [0.1, 0.15) is 13.8 Å². The lowest BCUT2D eigenvalue weighted by molar-refractivity contribution is -0.154. The maximum atomic E-state index is 11.4. The third-order valence-electron chi connectivity index (χ3n) is 1.94. The van der Waals surface area contributed by atoms with Gasteiger partial charge in [-0.05, 0) is 27.9 Å². The molecular formula is C13H21NO4. The molecule has 1 unspecified atom stereocenters. The Morgan fingerprint density at radius 2 is 1.61 bits per heavy atom. The van der Waals surface area contributed by atoms with Gasteiger partial charge in [0.2, 0.25) is 0 Å². The lowest BCUT2D eigenvalue weighted by Crippen LogP contribution is -2.35. The summed E-state index contributed by atoms with van der Waals surface area (Å²) in [6.07, 6.45) is -0.521. The van der Waals surface area contributed by atoms with Crippen molar-refractivity contribution in [1.29, 1.82) is 0 Å². The van der Waals surface area contributed by atoms with Gasteiger partial charge in [-0.2, -0.15) is 0 Å². The Balaban J connectivity index is 4.40. The van der Waals surface area contributed by atoms with Gasteiger partial charge in [-0.3, -0.25) is 0 Å². The lowest BCUT2D eigenvalue weighted by atomic mass is 10.3. The summed E-state index contributed by atoms with van der Waals surface area (Å²) in [5.74, 6) is -0.988. The van der Waals surface area contributed by atoms with E-state index in [0.29, 0.717) is 17.7 Å². The van der Waals surface area contributed by atoms with Crippen LogP contribution in [-0.2, 0) is 19.1 Å². The highest BCUT2D eigenvalue weighted by atomic mass is 16.6. The smallest absolute Gasteiger partial charge is 0.333 e. The number of nitrogens with zero attached hydrogens (tertiary/aromatic N) is 1. The van der Waals surface area contributed by atoms with Gasteiger partial charge in [0.25, 0.3) is 0 Å². The molecule has 0 aromatic rings. The minimum absolute atomic E-state index is 0.00287. The molecule has 0 aliphatic carbocycles. The molecule has 0 rings (SSSR count). The minimum Gasteiger partial charge on any atom is -0.458 e. The molecule has 0 aromatic heterocycles. The summed E-state index contributed by atoms with van der Waals surface area (Å²) in [7, 11) is 3.67. The van der Waals surface area contributed by atoms with Crippen molar-refractivity contribution in [2.45, 2.75) is 20.0 Å². The van der Waals surface area contributed by atoms with Crippen molar-refractivity contribution in [3.63, 3.8) is 0 Å². The summed E-state index contributed by atoms with van der Waals surface area (Å²) >= 11 is 0. The average molecular weight is 255 g/mol. The van der Waals surface area contributed by atoms with E-state index in [0.717, 1.165) is 0 Å². The molecule has 0 radical (unpaired) electrons. The van der Waals surface area contributed by atoms with Crippen molar-refractivity contribution in [1.82, 2.24) is 4.90 Å². The molecule has 0 N–H and O–H groups in total. The van der Waals surface area contributed by atoms with Gasteiger partial charge < -0.3 is 14.4 Å². The van der Waals surface area contributed by atoms with Crippen LogP contribution in [0.3, 0.4) is 0 Å². The van der Waals surface area contributed by atoms with Crippen LogP contribution in [-0.4, -0.2) is 50.2 Å². The van der Waals surface area contributed by atoms with Crippen LogP contribution < -0.4 is 0 Å². The Morgan fingerprint density at radius 1 is 1.11 bits per heavy atom. The van der Waals surface area contributed by atoms with Crippen LogP contribution >= 0.6 is 0 Å². The number of esters is 2. The summed E-state index contributed by atoms with van der Waals surface area (Å²) < 4.78 is 10.1. The summed E-state index contributed by atoms with van der Waals surface area (Å²) in [6.45, 7) is 10.6. The second-order valence-corrected chi connectivity index (χ2v) is 4.45. The quantitative estimate of drug-likeness (QED) is 0.504. The third kappa shape index (κ3) is 6.85. The maximum Gasteiger partial charge on any atom is 0.333 e. The van der Waals surface area contributed by atoms with E-state index in [-0.39, 0.29) is 6.61 Å². The Labute approximate surface area is 108 Å². The predicted octanol–water partition coefficient (Wildman–Crippen LogP) is 1.16. The molecule has 5 nitrogen and oxygen atoms in total. The first kappa shape index (κ1) is 16.4. The molecule has 0 bridgehead atoms. The van der Waals surface area contributed by atoms with Crippen molar-refractivity contribution in [2.75, 3.05) is 27.2 Å². The molecule has 5 heteroatoms. The summed E-state index contributed by atoms with van der Waals surface area (Å²) in [5, 5.41) is 0. The zero-order chi connectivity index (χ0) is 14.3. The van der Waals surface area contributed by atoms with E-state index in [1.54, 1.807) is 13.8 Å². The van der Waals surface area contributed by atoms with Crippen molar-refractivity contribution < 1.29 is 19.1 Å². The third-order valence-corrected chi connectivity index (χ3v) is 1.94. The first-order chi connectivity index (χ1) is 8.23. The molecule has 1 atom stereocenters. The number of likely N-dealkylation sites (N-methyl/N-ethyl adjacent to an activating group) is 1. The van der Waals surface area contributed by atoms with E-state index in [1.165, 1.54) is 0 Å². The second kappa shape index (κ2) is 7.66. The van der Waals surface area contributed by atoms with E-state index in [9.17, 15) is 9.59 Å². The van der Waals surface area contributed by atoms with E-state index < -0.39 is 18.0 Å². The minimum atomic E-state index is -0.521. The van der Waals surface area contributed by atoms with Gasteiger partial charge >= 0.3 is 11.9 Å². The topological polar surface area (TPSA) is 55.8 Å². The largest absolute Gasteiger partial charge is 0.458 e. The molecular weight excluding hydrogens is 234 g/mol. The molecule has 18 heavy (non-hydrogen) atoms. The number of carbonyl (C=O) groups excluding carboxylic acids is 2. The molecule has 102 valence electrons.